The van der Waals surface area contributed by atoms with Crippen LogP contribution < -0.4 is 66.3 Å². The zero-order chi connectivity index (χ0) is 105. The van der Waals surface area contributed by atoms with E-state index >= 15 is 0 Å². The second-order valence-corrected chi connectivity index (χ2v) is 30.5. The SMILES string of the molecule is C[C@@]1(N2C(=O)c3cccc(N)c3C2=O)CCC(=O)NC1=O.[2H]C([2H])([2H])C1(N2C(=O)c3cccc(N)c3C2=O)CCC(=O)NC1=O.[2H]C([2H])([2H])[C@@]1(N2C(=O)c3cccc(N)c3C2=O)CCC(=O)NC1=O.[2H]C([2H])([2H])[C@]1(N2C(=O)c3cccc(N)c3C2=O)CCC(=O)NC1=O.[2H]c1c([2H])c(N)c2c(c1[2H])C(=O)N(C1(C)CCC(=O)NC1=O)C2=O.[2H]c1c([2H])c(N)c2c(c1[2H])C(=O)N([C@@]1(C)CCC(=O)NC1=O)C2=O. The van der Waals surface area contributed by atoms with Gasteiger partial charge in [-0.2, -0.15) is 0 Å². The summed E-state index contributed by atoms with van der Waals surface area (Å²) in [5.74, 6) is -19.6. The summed E-state index contributed by atoms with van der Waals surface area (Å²) in [5.41, 5.74) is 20.2. The fraction of sp³-hybridized carbons (Fsp3) is 0.286. The third kappa shape index (κ3) is 14.1. The summed E-state index contributed by atoms with van der Waals surface area (Å²) >= 11 is 0. The van der Waals surface area contributed by atoms with Gasteiger partial charge < -0.3 is 34.4 Å². The Bertz CT molecular complexity index is 6360. The topological polar surface area (TPSA) is 657 Å². The summed E-state index contributed by atoms with van der Waals surface area (Å²) in [7, 11) is 0. The molecule has 6 saturated heterocycles. The lowest BCUT2D eigenvalue weighted by Crippen LogP contribution is -2.62. The minimum absolute atomic E-state index is 0.0151. The van der Waals surface area contributed by atoms with E-state index in [1.54, 1.807) is 6.07 Å². The maximum atomic E-state index is 12.7. The molecule has 18 rings (SSSR count). The second kappa shape index (κ2) is 31.7. The monoisotopic (exact) mass is 1740 g/mol. The number of rotatable bonds is 6. The number of nitrogens with two attached hydrogens (primary N) is 6. The van der Waals surface area contributed by atoms with Crippen LogP contribution in [0.3, 0.4) is 0 Å². The summed E-state index contributed by atoms with van der Waals surface area (Å²) in [4.78, 5) is 298. The van der Waals surface area contributed by atoms with Crippen molar-refractivity contribution < 1.29 is 136 Å². The Morgan fingerprint density at radius 3 is 0.603 bits per heavy atom. The van der Waals surface area contributed by atoms with Gasteiger partial charge in [0.05, 0.1) is 75.0 Å². The lowest BCUT2D eigenvalue weighted by Gasteiger charge is -2.38. The number of carbonyl (C=O) groups excluding carboxylic acids is 24. The Balaban J connectivity index is 0.000000142. The van der Waals surface area contributed by atoms with Crippen LogP contribution in [0.15, 0.2) is 109 Å². The van der Waals surface area contributed by atoms with Crippen LogP contribution in [-0.4, -0.2) is 204 Å². The molecule has 24 amide bonds. The smallest absolute Gasteiger partial charge is 0.264 e. The predicted octanol–water partition coefficient (Wildman–Crippen LogP) is 0.361. The molecular weight excluding hydrogens is 1650 g/mol. The van der Waals surface area contributed by atoms with Crippen molar-refractivity contribution in [2.45, 2.75) is 152 Å². The molecule has 12 aliphatic heterocycles. The molecule has 648 valence electrons. The van der Waals surface area contributed by atoms with Gasteiger partial charge in [0.2, 0.25) is 35.4 Å². The molecule has 6 fully saturated rings. The highest BCUT2D eigenvalue weighted by molar-refractivity contribution is 6.31. The van der Waals surface area contributed by atoms with Gasteiger partial charge in [0.15, 0.2) is 0 Å². The Morgan fingerprint density at radius 2 is 0.421 bits per heavy atom. The molecule has 0 aromatic heterocycles. The molecule has 126 heavy (non-hydrogen) atoms. The molecule has 0 saturated carbocycles. The van der Waals surface area contributed by atoms with Crippen molar-refractivity contribution in [1.82, 2.24) is 61.3 Å². The maximum Gasteiger partial charge on any atom is 0.264 e. The number of amides is 24. The molecule has 0 aliphatic carbocycles. The maximum absolute atomic E-state index is 12.7. The zero-order valence-corrected chi connectivity index (χ0v) is 65.9. The fourth-order valence-corrected chi connectivity index (χ4v) is 15.6. The summed E-state index contributed by atoms with van der Waals surface area (Å²) in [6, 6.07) is 13.9. The van der Waals surface area contributed by atoms with E-state index in [0.29, 0.717) is 24.5 Å². The van der Waals surface area contributed by atoms with E-state index in [0.717, 1.165) is 4.90 Å². The molecule has 6 aromatic rings. The molecule has 18 N–H and O–H groups in total. The van der Waals surface area contributed by atoms with E-state index in [4.69, 9.17) is 55.0 Å². The number of piperidine rings is 6. The van der Waals surface area contributed by atoms with Crippen LogP contribution >= 0.6 is 0 Å². The number of benzene rings is 6. The summed E-state index contributed by atoms with van der Waals surface area (Å²) in [6.07, 6.45) is -2.35. The molecule has 12 heterocycles. The third-order valence-electron chi connectivity index (χ3n) is 22.7. The standard InChI is InChI=1S/6C14H13N3O4/c6*1-14(6-5-9(18)16-13(14)21)17-11(19)7-3-2-4-8(15)10(7)12(17)20/h6*2-4H,5-6,15H2,1H3,(H,16,18,21)/t4*14-;;/m1100../s1/i1D3;;2D,3D,4D;1D3;2D,3D,4D;1D3. The first-order valence-electron chi connectivity index (χ1n) is 45.1. The highest BCUT2D eigenvalue weighted by Gasteiger charge is 2.60. The summed E-state index contributed by atoms with van der Waals surface area (Å²) in [5, 5.41) is 12.1. The number of hydrogen-bond donors (Lipinski definition) is 12. The average Bonchev–Trinajstić information content (AvgIpc) is 1.57. The lowest BCUT2D eigenvalue weighted by atomic mass is 9.89. The first kappa shape index (κ1) is 69.5. The first-order chi connectivity index (χ1) is 65.4. The van der Waals surface area contributed by atoms with Crippen LogP contribution in [0.2, 0.25) is 0 Å². The van der Waals surface area contributed by atoms with E-state index < -0.39 is 251 Å². The van der Waals surface area contributed by atoms with Gasteiger partial charge in [0.25, 0.3) is 106 Å². The summed E-state index contributed by atoms with van der Waals surface area (Å²) in [6.45, 7) is -4.87. The molecular formula is C84H78N18O24. The molecule has 12 aliphatic rings. The number of anilines is 6. The second-order valence-electron chi connectivity index (χ2n) is 30.5. The van der Waals surface area contributed by atoms with Crippen molar-refractivity contribution in [2.24, 2.45) is 0 Å². The number of nitrogens with one attached hydrogen (secondary N) is 6. The number of imide groups is 12. The highest BCUT2D eigenvalue weighted by Crippen LogP contribution is 2.44. The van der Waals surface area contributed by atoms with Gasteiger partial charge in [0.1, 0.15) is 33.2 Å². The van der Waals surface area contributed by atoms with E-state index in [1.807, 2.05) is 16.0 Å². The lowest BCUT2D eigenvalue weighted by molar-refractivity contribution is -0.142. The number of carbonyl (C=O) groups is 24. The van der Waals surface area contributed by atoms with Crippen molar-refractivity contribution in [3.63, 3.8) is 0 Å². The molecule has 6 aromatic carbocycles. The van der Waals surface area contributed by atoms with Gasteiger partial charge in [-0.3, -0.25) is 176 Å². The number of nitrogens with zero attached hydrogens (tertiary/aromatic N) is 6. The first-order valence-corrected chi connectivity index (χ1v) is 37.6. The van der Waals surface area contributed by atoms with E-state index in [2.05, 4.69) is 16.0 Å². The van der Waals surface area contributed by atoms with Crippen molar-refractivity contribution in [1.29, 1.82) is 0 Å². The van der Waals surface area contributed by atoms with Crippen LogP contribution in [0.25, 0.3) is 0 Å². The van der Waals surface area contributed by atoms with E-state index in [-0.39, 0.29) is 159 Å². The van der Waals surface area contributed by atoms with Crippen molar-refractivity contribution >= 4 is 176 Å². The van der Waals surface area contributed by atoms with Crippen LogP contribution in [0.5, 0.6) is 0 Å². The third-order valence-corrected chi connectivity index (χ3v) is 22.7. The highest BCUT2D eigenvalue weighted by atomic mass is 16.2. The van der Waals surface area contributed by atoms with Crippen LogP contribution in [-0.2, 0) is 57.5 Å². The van der Waals surface area contributed by atoms with Gasteiger partial charge in [-0.15, -0.1) is 0 Å². The average molecular weight is 1740 g/mol. The number of fused-ring (bicyclic) bond motifs is 6. The van der Waals surface area contributed by atoms with Crippen LogP contribution in [0.4, 0.5) is 34.1 Å². The van der Waals surface area contributed by atoms with Gasteiger partial charge in [-0.25, -0.2) is 0 Å². The summed E-state index contributed by atoms with van der Waals surface area (Å²) < 4.78 is 116. The number of hydrogen-bond acceptors (Lipinski definition) is 30. The molecule has 6 atom stereocenters. The molecule has 0 spiro atoms. The van der Waals surface area contributed by atoms with Gasteiger partial charge in [0, 0.05) is 85.0 Å². The Kier molecular flexibility index (Phi) is 17.5. The van der Waals surface area contributed by atoms with Gasteiger partial charge in [-0.05, 0) is 153 Å². The van der Waals surface area contributed by atoms with Crippen LogP contribution in [0.1, 0.15) is 263 Å². The predicted molar refractivity (Wildman–Crippen MR) is 433 cm³/mol. The number of nitrogen functional groups attached to an aromatic ring is 6. The fourth-order valence-electron chi connectivity index (χ4n) is 15.6. The normalized spacial score (nSPS) is 27.1. The Labute approximate surface area is 732 Å². The van der Waals surface area contributed by atoms with E-state index in [9.17, 15) is 115 Å². The van der Waals surface area contributed by atoms with E-state index in [1.165, 1.54) is 87.5 Å². The van der Waals surface area contributed by atoms with Crippen LogP contribution in [0, 0.1) is 0 Å². The molecule has 42 heteroatoms. The largest absolute Gasteiger partial charge is 0.398 e. The molecule has 42 nitrogen and oxygen atoms in total. The van der Waals surface area contributed by atoms with Crippen molar-refractivity contribution in [3.05, 3.63) is 176 Å². The minimum Gasteiger partial charge on any atom is -0.398 e. The van der Waals surface area contributed by atoms with Gasteiger partial charge >= 0.3 is 0 Å². The van der Waals surface area contributed by atoms with Gasteiger partial charge in [-0.1, -0.05) is 36.4 Å². The quantitative estimate of drug-likeness (QED) is 0.0791. The molecule has 0 bridgehead atoms. The Morgan fingerprint density at radius 1 is 0.246 bits per heavy atom. The van der Waals surface area contributed by atoms with Crippen molar-refractivity contribution in [2.75, 3.05) is 34.4 Å². The van der Waals surface area contributed by atoms with Crippen molar-refractivity contribution in [3.8, 4) is 0 Å². The minimum atomic E-state index is -3.01. The molecule has 0 radical (unpaired) electrons. The Hall–Kier alpha value is -16.2. The molecule has 2 unspecified atom stereocenters. The zero-order valence-electron chi connectivity index (χ0n) is 80.9.